The summed E-state index contributed by atoms with van der Waals surface area (Å²) < 4.78 is 0. The van der Waals surface area contributed by atoms with Gasteiger partial charge in [0, 0.05) is 23.9 Å². The van der Waals surface area contributed by atoms with Gasteiger partial charge in [-0.3, -0.25) is 4.98 Å². The normalized spacial score (nSPS) is 10.4. The summed E-state index contributed by atoms with van der Waals surface area (Å²) in [5.74, 6) is 1.16. The standard InChI is InChI=1S/C11H17NOS/c13-9-3-1-2-4-10-14-11-5-7-12-8-6-11/h5-8,13H,1-4,9-10H2. The lowest BCUT2D eigenvalue weighted by Gasteiger charge is -2.00. The zero-order valence-corrected chi connectivity index (χ0v) is 9.17. The third-order valence-corrected chi connectivity index (χ3v) is 3.07. The summed E-state index contributed by atoms with van der Waals surface area (Å²) in [6.07, 6.45) is 8.20. The van der Waals surface area contributed by atoms with E-state index >= 15 is 0 Å². The van der Waals surface area contributed by atoms with Crippen LogP contribution in [0.3, 0.4) is 0 Å². The molecule has 0 atom stereocenters. The van der Waals surface area contributed by atoms with Crippen LogP contribution in [0.2, 0.25) is 0 Å². The third kappa shape index (κ3) is 5.25. The Balaban J connectivity index is 1.99. The molecule has 0 spiro atoms. The van der Waals surface area contributed by atoms with Crippen LogP contribution in [-0.2, 0) is 0 Å². The molecule has 1 N–H and O–H groups in total. The maximum Gasteiger partial charge on any atom is 0.0431 e. The van der Waals surface area contributed by atoms with Crippen molar-refractivity contribution in [2.75, 3.05) is 12.4 Å². The van der Waals surface area contributed by atoms with E-state index in [1.54, 1.807) is 0 Å². The van der Waals surface area contributed by atoms with E-state index in [4.69, 9.17) is 5.11 Å². The van der Waals surface area contributed by atoms with Crippen molar-refractivity contribution in [3.63, 3.8) is 0 Å². The average Bonchev–Trinajstić information content (AvgIpc) is 2.25. The van der Waals surface area contributed by atoms with Gasteiger partial charge >= 0.3 is 0 Å². The Morgan fingerprint density at radius 1 is 1.07 bits per heavy atom. The van der Waals surface area contributed by atoms with E-state index in [-0.39, 0.29) is 0 Å². The highest BCUT2D eigenvalue weighted by Gasteiger charge is 1.93. The first-order valence-corrected chi connectivity index (χ1v) is 6.06. The fraction of sp³-hybridized carbons (Fsp3) is 0.545. The van der Waals surface area contributed by atoms with Gasteiger partial charge in [0.05, 0.1) is 0 Å². The van der Waals surface area contributed by atoms with Crippen LogP contribution in [0.15, 0.2) is 29.4 Å². The fourth-order valence-electron chi connectivity index (χ4n) is 1.19. The van der Waals surface area contributed by atoms with Crippen LogP contribution in [-0.4, -0.2) is 22.5 Å². The number of hydrogen-bond acceptors (Lipinski definition) is 3. The number of rotatable bonds is 7. The first-order chi connectivity index (χ1) is 6.93. The Kier molecular flexibility index (Phi) is 6.45. The molecule has 2 nitrogen and oxygen atoms in total. The molecular formula is C11H17NOS. The van der Waals surface area contributed by atoms with Crippen molar-refractivity contribution in [2.24, 2.45) is 0 Å². The third-order valence-electron chi connectivity index (χ3n) is 1.97. The summed E-state index contributed by atoms with van der Waals surface area (Å²) in [6.45, 7) is 0.331. The molecule has 0 saturated carbocycles. The van der Waals surface area contributed by atoms with E-state index in [0.717, 1.165) is 18.6 Å². The summed E-state index contributed by atoms with van der Waals surface area (Å²) >= 11 is 1.88. The minimum atomic E-state index is 0.331. The summed E-state index contributed by atoms with van der Waals surface area (Å²) in [6, 6.07) is 4.08. The monoisotopic (exact) mass is 211 g/mol. The van der Waals surface area contributed by atoms with Crippen molar-refractivity contribution in [3.05, 3.63) is 24.5 Å². The summed E-state index contributed by atoms with van der Waals surface area (Å²) in [7, 11) is 0. The van der Waals surface area contributed by atoms with Gasteiger partial charge in [-0.15, -0.1) is 11.8 Å². The smallest absolute Gasteiger partial charge is 0.0431 e. The molecule has 0 fully saturated rings. The lowest BCUT2D eigenvalue weighted by molar-refractivity contribution is 0.283. The van der Waals surface area contributed by atoms with Crippen molar-refractivity contribution < 1.29 is 5.11 Å². The molecule has 78 valence electrons. The Morgan fingerprint density at radius 3 is 2.50 bits per heavy atom. The molecule has 0 radical (unpaired) electrons. The number of unbranched alkanes of at least 4 members (excludes halogenated alkanes) is 3. The predicted molar refractivity (Wildman–Crippen MR) is 60.5 cm³/mol. The molecule has 1 rings (SSSR count). The summed E-state index contributed by atoms with van der Waals surface area (Å²) in [5.41, 5.74) is 0. The van der Waals surface area contributed by atoms with Crippen LogP contribution < -0.4 is 0 Å². The molecule has 0 aliphatic heterocycles. The van der Waals surface area contributed by atoms with Gasteiger partial charge in [-0.1, -0.05) is 12.8 Å². The topological polar surface area (TPSA) is 33.1 Å². The van der Waals surface area contributed by atoms with Crippen molar-refractivity contribution in [3.8, 4) is 0 Å². The van der Waals surface area contributed by atoms with Gasteiger partial charge in [0.1, 0.15) is 0 Å². The first kappa shape index (κ1) is 11.5. The number of aromatic nitrogens is 1. The number of hydrogen-bond donors (Lipinski definition) is 1. The highest BCUT2D eigenvalue weighted by molar-refractivity contribution is 7.99. The van der Waals surface area contributed by atoms with Crippen LogP contribution >= 0.6 is 11.8 Å². The molecule has 1 heterocycles. The molecule has 14 heavy (non-hydrogen) atoms. The summed E-state index contributed by atoms with van der Waals surface area (Å²) in [4.78, 5) is 5.27. The van der Waals surface area contributed by atoms with Crippen LogP contribution in [0.4, 0.5) is 0 Å². The van der Waals surface area contributed by atoms with Crippen LogP contribution in [0, 0.1) is 0 Å². The van der Waals surface area contributed by atoms with Crippen molar-refractivity contribution in [2.45, 2.75) is 30.6 Å². The highest BCUT2D eigenvalue weighted by atomic mass is 32.2. The molecule has 0 aromatic carbocycles. The summed E-state index contributed by atoms with van der Waals surface area (Å²) in [5, 5.41) is 8.59. The Labute approximate surface area is 89.8 Å². The zero-order valence-electron chi connectivity index (χ0n) is 8.35. The maximum atomic E-state index is 8.59. The number of pyridine rings is 1. The van der Waals surface area contributed by atoms with E-state index in [1.165, 1.54) is 17.7 Å². The Bertz CT molecular complexity index is 228. The van der Waals surface area contributed by atoms with Crippen LogP contribution in [0.1, 0.15) is 25.7 Å². The molecule has 0 aliphatic rings. The van der Waals surface area contributed by atoms with Crippen molar-refractivity contribution in [1.29, 1.82) is 0 Å². The fourth-order valence-corrected chi connectivity index (χ4v) is 2.09. The number of aliphatic hydroxyl groups is 1. The van der Waals surface area contributed by atoms with Crippen LogP contribution in [0.5, 0.6) is 0 Å². The quantitative estimate of drug-likeness (QED) is 0.556. The van der Waals surface area contributed by atoms with E-state index in [2.05, 4.69) is 4.98 Å². The first-order valence-electron chi connectivity index (χ1n) is 5.07. The van der Waals surface area contributed by atoms with Gasteiger partial charge < -0.3 is 5.11 Å². The second-order valence-electron chi connectivity index (χ2n) is 3.17. The molecule has 0 unspecified atom stereocenters. The minimum absolute atomic E-state index is 0.331. The molecule has 0 saturated heterocycles. The van der Waals surface area contributed by atoms with Crippen LogP contribution in [0.25, 0.3) is 0 Å². The lowest BCUT2D eigenvalue weighted by atomic mass is 10.2. The molecule has 0 amide bonds. The minimum Gasteiger partial charge on any atom is -0.396 e. The Hall–Kier alpha value is -0.540. The van der Waals surface area contributed by atoms with Gasteiger partial charge in [-0.25, -0.2) is 0 Å². The molecule has 1 aromatic rings. The molecular weight excluding hydrogens is 194 g/mol. The number of thioether (sulfide) groups is 1. The lowest BCUT2D eigenvalue weighted by Crippen LogP contribution is -1.85. The van der Waals surface area contributed by atoms with E-state index in [1.807, 2.05) is 36.3 Å². The van der Waals surface area contributed by atoms with E-state index in [0.29, 0.717) is 6.61 Å². The molecule has 3 heteroatoms. The second kappa shape index (κ2) is 7.83. The predicted octanol–water partition coefficient (Wildman–Crippen LogP) is 2.73. The second-order valence-corrected chi connectivity index (χ2v) is 4.34. The number of aliphatic hydroxyl groups excluding tert-OH is 1. The average molecular weight is 211 g/mol. The molecule has 0 aliphatic carbocycles. The maximum absolute atomic E-state index is 8.59. The van der Waals surface area contributed by atoms with Gasteiger partial charge in [-0.2, -0.15) is 0 Å². The van der Waals surface area contributed by atoms with Gasteiger partial charge in [0.25, 0.3) is 0 Å². The number of nitrogens with zero attached hydrogens (tertiary/aromatic N) is 1. The zero-order chi connectivity index (χ0) is 10.1. The molecule has 1 aromatic heterocycles. The van der Waals surface area contributed by atoms with Crippen molar-refractivity contribution in [1.82, 2.24) is 4.98 Å². The Morgan fingerprint density at radius 2 is 1.79 bits per heavy atom. The van der Waals surface area contributed by atoms with Gasteiger partial charge in [0.2, 0.25) is 0 Å². The van der Waals surface area contributed by atoms with Gasteiger partial charge in [-0.05, 0) is 30.7 Å². The van der Waals surface area contributed by atoms with E-state index in [9.17, 15) is 0 Å². The SMILES string of the molecule is OCCCCCCSc1ccncc1. The van der Waals surface area contributed by atoms with E-state index < -0.39 is 0 Å². The largest absolute Gasteiger partial charge is 0.396 e. The van der Waals surface area contributed by atoms with Gasteiger partial charge in [0.15, 0.2) is 0 Å². The highest BCUT2D eigenvalue weighted by Crippen LogP contribution is 2.18. The molecule has 0 bridgehead atoms. The van der Waals surface area contributed by atoms with Crippen molar-refractivity contribution >= 4 is 11.8 Å².